The van der Waals surface area contributed by atoms with Crippen LogP contribution >= 0.6 is 0 Å². The molecule has 64 valence electrons. The Hall–Kier alpha value is -1.58. The summed E-state index contributed by atoms with van der Waals surface area (Å²) < 4.78 is 1.58. The van der Waals surface area contributed by atoms with E-state index in [4.69, 9.17) is 11.1 Å². The normalized spacial score (nSPS) is 9.83. The van der Waals surface area contributed by atoms with Gasteiger partial charge in [-0.3, -0.25) is 10.1 Å². The van der Waals surface area contributed by atoms with Gasteiger partial charge in [0.25, 0.3) is 0 Å². The molecule has 1 aromatic heterocycles. The van der Waals surface area contributed by atoms with Crippen LogP contribution in [-0.2, 0) is 7.05 Å². The summed E-state index contributed by atoms with van der Waals surface area (Å²) in [5.41, 5.74) is 7.59. The van der Waals surface area contributed by atoms with Gasteiger partial charge in [-0.2, -0.15) is 5.10 Å². The number of nitrogens with zero attached hydrogens (tertiary/aromatic N) is 2. The molecule has 0 bridgehead atoms. The summed E-state index contributed by atoms with van der Waals surface area (Å²) in [7, 11) is 1.75. The zero-order valence-electron chi connectivity index (χ0n) is 7.26. The Morgan fingerprint density at radius 2 is 2.33 bits per heavy atom. The molecule has 0 radical (unpaired) electrons. The molecule has 4 nitrogen and oxygen atoms in total. The maximum Gasteiger partial charge on any atom is 0.141 e. The van der Waals surface area contributed by atoms with E-state index in [1.165, 1.54) is 0 Å². The van der Waals surface area contributed by atoms with Crippen molar-refractivity contribution in [3.63, 3.8) is 0 Å². The van der Waals surface area contributed by atoms with Crippen LogP contribution in [0.25, 0.3) is 5.57 Å². The molecule has 1 heterocycles. The number of allylic oxidation sites excluding steroid dienone is 1. The molecule has 0 aliphatic heterocycles. The largest absolute Gasteiger partial charge is 0.382 e. The summed E-state index contributed by atoms with van der Waals surface area (Å²) in [6, 6.07) is 1.75. The fraction of sp³-hybridized carbons (Fsp3) is 0.250. The Morgan fingerprint density at radius 3 is 2.58 bits per heavy atom. The van der Waals surface area contributed by atoms with E-state index < -0.39 is 0 Å². The van der Waals surface area contributed by atoms with Crippen molar-refractivity contribution in [2.75, 3.05) is 0 Å². The van der Waals surface area contributed by atoms with Gasteiger partial charge in [0.1, 0.15) is 11.5 Å². The third kappa shape index (κ3) is 1.37. The predicted octanol–water partition coefficient (Wildman–Crippen LogP) is 0.737. The first-order chi connectivity index (χ1) is 5.52. The smallest absolute Gasteiger partial charge is 0.141 e. The van der Waals surface area contributed by atoms with Crippen LogP contribution in [0.2, 0.25) is 0 Å². The molecule has 4 heteroatoms. The molecule has 12 heavy (non-hydrogen) atoms. The fourth-order valence-electron chi connectivity index (χ4n) is 0.928. The van der Waals surface area contributed by atoms with Gasteiger partial charge in [0.05, 0.1) is 5.69 Å². The van der Waals surface area contributed by atoms with Gasteiger partial charge in [0, 0.05) is 7.05 Å². The molecular formula is C8H12N4. The van der Waals surface area contributed by atoms with Crippen molar-refractivity contribution in [2.24, 2.45) is 12.8 Å². The number of hydrogen-bond donors (Lipinski definition) is 2. The predicted molar refractivity (Wildman–Crippen MR) is 48.9 cm³/mol. The van der Waals surface area contributed by atoms with E-state index in [2.05, 4.69) is 11.7 Å². The third-order valence-corrected chi connectivity index (χ3v) is 1.59. The highest BCUT2D eigenvalue weighted by Gasteiger charge is 2.06. The van der Waals surface area contributed by atoms with E-state index in [0.717, 1.165) is 11.3 Å². The molecular weight excluding hydrogens is 152 g/mol. The maximum atomic E-state index is 7.22. The van der Waals surface area contributed by atoms with E-state index in [0.29, 0.717) is 5.69 Å². The summed E-state index contributed by atoms with van der Waals surface area (Å²) >= 11 is 0. The molecule has 0 unspecified atom stereocenters. The quantitative estimate of drug-likeness (QED) is 0.500. The SMILES string of the molecule is C=C(C)c1cc(C(=N)N)n(C)n1. The minimum atomic E-state index is 0.0255. The van der Waals surface area contributed by atoms with Crippen LogP contribution in [0.4, 0.5) is 0 Å². The highest BCUT2D eigenvalue weighted by Crippen LogP contribution is 2.10. The Labute approximate surface area is 71.2 Å². The standard InChI is InChI=1S/C8H12N4/c1-5(2)6-4-7(8(9)10)12(3)11-6/h4H,1H2,2-3H3,(H3,9,10). The van der Waals surface area contributed by atoms with Crippen molar-refractivity contribution < 1.29 is 0 Å². The van der Waals surface area contributed by atoms with Gasteiger partial charge >= 0.3 is 0 Å². The number of amidine groups is 1. The minimum Gasteiger partial charge on any atom is -0.382 e. The molecule has 0 saturated heterocycles. The third-order valence-electron chi connectivity index (χ3n) is 1.59. The van der Waals surface area contributed by atoms with Gasteiger partial charge < -0.3 is 5.73 Å². The monoisotopic (exact) mass is 164 g/mol. The number of nitrogens with two attached hydrogens (primary N) is 1. The molecule has 0 aliphatic carbocycles. The maximum absolute atomic E-state index is 7.22. The van der Waals surface area contributed by atoms with E-state index in [-0.39, 0.29) is 5.84 Å². The highest BCUT2D eigenvalue weighted by molar-refractivity contribution is 5.93. The summed E-state index contributed by atoms with van der Waals surface area (Å²) in [5, 5.41) is 11.3. The molecule has 0 spiro atoms. The van der Waals surface area contributed by atoms with Gasteiger partial charge in [-0.05, 0) is 18.6 Å². The van der Waals surface area contributed by atoms with Crippen LogP contribution in [0.3, 0.4) is 0 Å². The van der Waals surface area contributed by atoms with Crippen molar-refractivity contribution in [1.29, 1.82) is 5.41 Å². The van der Waals surface area contributed by atoms with Crippen molar-refractivity contribution in [3.05, 3.63) is 24.0 Å². The van der Waals surface area contributed by atoms with Crippen molar-refractivity contribution in [3.8, 4) is 0 Å². The van der Waals surface area contributed by atoms with Gasteiger partial charge in [0.2, 0.25) is 0 Å². The van der Waals surface area contributed by atoms with Crippen molar-refractivity contribution in [1.82, 2.24) is 9.78 Å². The van der Waals surface area contributed by atoms with E-state index in [1.54, 1.807) is 17.8 Å². The molecule has 0 aliphatic rings. The van der Waals surface area contributed by atoms with Crippen LogP contribution in [0.5, 0.6) is 0 Å². The van der Waals surface area contributed by atoms with E-state index >= 15 is 0 Å². The second kappa shape index (κ2) is 2.81. The van der Waals surface area contributed by atoms with Crippen LogP contribution in [-0.4, -0.2) is 15.6 Å². The topological polar surface area (TPSA) is 67.7 Å². The van der Waals surface area contributed by atoms with Gasteiger partial charge in [0.15, 0.2) is 0 Å². The first kappa shape index (κ1) is 8.52. The molecule has 3 N–H and O–H groups in total. The lowest BCUT2D eigenvalue weighted by atomic mass is 10.2. The van der Waals surface area contributed by atoms with Gasteiger partial charge in [-0.1, -0.05) is 6.58 Å². The van der Waals surface area contributed by atoms with E-state index in [1.807, 2.05) is 6.92 Å². The molecule has 0 aromatic carbocycles. The van der Waals surface area contributed by atoms with Crippen LogP contribution in [0, 0.1) is 5.41 Å². The zero-order valence-corrected chi connectivity index (χ0v) is 7.26. The molecule has 1 aromatic rings. The minimum absolute atomic E-state index is 0.0255. The van der Waals surface area contributed by atoms with Crippen LogP contribution < -0.4 is 5.73 Å². The zero-order chi connectivity index (χ0) is 9.30. The number of aryl methyl sites for hydroxylation is 1. The van der Waals surface area contributed by atoms with Crippen LogP contribution in [0.1, 0.15) is 18.3 Å². The Balaban J connectivity index is 3.17. The number of hydrogen-bond acceptors (Lipinski definition) is 2. The summed E-state index contributed by atoms with van der Waals surface area (Å²) in [4.78, 5) is 0. The fourth-order valence-corrected chi connectivity index (χ4v) is 0.928. The number of aromatic nitrogens is 2. The van der Waals surface area contributed by atoms with Gasteiger partial charge in [-0.15, -0.1) is 0 Å². The number of rotatable bonds is 2. The molecule has 0 amide bonds. The second-order valence-corrected chi connectivity index (χ2v) is 2.73. The molecule has 0 fully saturated rings. The summed E-state index contributed by atoms with van der Waals surface area (Å²) in [6.45, 7) is 5.62. The first-order valence-corrected chi connectivity index (χ1v) is 3.56. The summed E-state index contributed by atoms with van der Waals surface area (Å²) in [6.07, 6.45) is 0. The average Bonchev–Trinajstić information content (AvgIpc) is 2.30. The molecule has 1 rings (SSSR count). The summed E-state index contributed by atoms with van der Waals surface area (Å²) in [5.74, 6) is 0.0255. The van der Waals surface area contributed by atoms with E-state index in [9.17, 15) is 0 Å². The molecule has 0 saturated carbocycles. The highest BCUT2D eigenvalue weighted by atomic mass is 15.3. The molecule has 0 atom stereocenters. The average molecular weight is 164 g/mol. The lowest BCUT2D eigenvalue weighted by Gasteiger charge is -1.95. The lowest BCUT2D eigenvalue weighted by Crippen LogP contribution is -2.15. The number of nitrogens with one attached hydrogen (secondary N) is 1. The Morgan fingerprint density at radius 1 is 1.75 bits per heavy atom. The second-order valence-electron chi connectivity index (χ2n) is 2.73. The number of nitrogen functional groups attached to an aromatic ring is 1. The van der Waals surface area contributed by atoms with Crippen LogP contribution in [0.15, 0.2) is 12.6 Å². The first-order valence-electron chi connectivity index (χ1n) is 3.56. The van der Waals surface area contributed by atoms with Crippen molar-refractivity contribution >= 4 is 11.4 Å². The van der Waals surface area contributed by atoms with Gasteiger partial charge in [-0.25, -0.2) is 0 Å². The Bertz CT molecular complexity index is 335. The van der Waals surface area contributed by atoms with Crippen molar-refractivity contribution in [2.45, 2.75) is 6.92 Å². The Kier molecular flexibility index (Phi) is 1.99. The lowest BCUT2D eigenvalue weighted by molar-refractivity contribution is 0.754.